The smallest absolute Gasteiger partial charge is 0.123 e. The van der Waals surface area contributed by atoms with Crippen LogP contribution in [0.1, 0.15) is 24.0 Å². The Morgan fingerprint density at radius 1 is 1.53 bits per heavy atom. The van der Waals surface area contributed by atoms with Gasteiger partial charge in [-0.05, 0) is 43.0 Å². The quantitative estimate of drug-likeness (QED) is 0.825. The largest absolute Gasteiger partial charge is 0.396 e. The fourth-order valence-corrected chi connectivity index (χ4v) is 2.79. The molecule has 1 unspecified atom stereocenters. The number of aliphatic hydroxyl groups is 1. The van der Waals surface area contributed by atoms with Crippen molar-refractivity contribution in [2.75, 3.05) is 19.7 Å². The minimum absolute atomic E-state index is 0.224. The summed E-state index contributed by atoms with van der Waals surface area (Å²) in [5.41, 5.74) is 7.21. The van der Waals surface area contributed by atoms with Crippen LogP contribution in [-0.4, -0.2) is 34.7 Å². The minimum atomic E-state index is -0.321. The molecule has 1 aliphatic heterocycles. The third-order valence-electron chi connectivity index (χ3n) is 3.59. The van der Waals surface area contributed by atoms with E-state index >= 15 is 0 Å². The summed E-state index contributed by atoms with van der Waals surface area (Å²) in [6, 6.07) is 4.57. The molecule has 1 aromatic rings. The van der Waals surface area contributed by atoms with E-state index in [1.165, 1.54) is 12.1 Å². The Balaban J connectivity index is 2.12. The molecule has 5 heteroatoms. The second-order valence-corrected chi connectivity index (χ2v) is 5.53. The molecular weight excluding hydrogens is 263 g/mol. The van der Waals surface area contributed by atoms with Crippen LogP contribution in [0.5, 0.6) is 0 Å². The molecular formula is C14H19FN2OS. The van der Waals surface area contributed by atoms with Gasteiger partial charge in [0.25, 0.3) is 0 Å². The Morgan fingerprint density at radius 3 is 3.00 bits per heavy atom. The highest BCUT2D eigenvalue weighted by atomic mass is 32.1. The van der Waals surface area contributed by atoms with E-state index in [1.807, 2.05) is 0 Å². The van der Waals surface area contributed by atoms with E-state index in [0.717, 1.165) is 31.5 Å². The van der Waals surface area contributed by atoms with E-state index in [4.69, 9.17) is 18.0 Å². The molecule has 0 spiro atoms. The maximum Gasteiger partial charge on any atom is 0.123 e. The van der Waals surface area contributed by atoms with E-state index in [0.29, 0.717) is 18.0 Å². The number of halogens is 1. The first-order valence-electron chi connectivity index (χ1n) is 6.51. The molecule has 0 aliphatic carbocycles. The minimum Gasteiger partial charge on any atom is -0.396 e. The second-order valence-electron chi connectivity index (χ2n) is 5.09. The fourth-order valence-electron chi connectivity index (χ4n) is 2.60. The van der Waals surface area contributed by atoms with E-state index in [-0.39, 0.29) is 17.4 Å². The molecule has 0 amide bonds. The van der Waals surface area contributed by atoms with Gasteiger partial charge >= 0.3 is 0 Å². The van der Waals surface area contributed by atoms with E-state index in [9.17, 15) is 9.50 Å². The summed E-state index contributed by atoms with van der Waals surface area (Å²) in [7, 11) is 0. The van der Waals surface area contributed by atoms with Crippen molar-refractivity contribution in [1.82, 2.24) is 4.90 Å². The molecule has 3 nitrogen and oxygen atoms in total. The zero-order valence-electron chi connectivity index (χ0n) is 10.8. The Kier molecular flexibility index (Phi) is 4.85. The number of likely N-dealkylation sites (tertiary alicyclic amines) is 1. The first kappa shape index (κ1) is 14.4. The van der Waals surface area contributed by atoms with Gasteiger partial charge in [-0.2, -0.15) is 0 Å². The average Bonchev–Trinajstić information content (AvgIpc) is 2.41. The zero-order valence-corrected chi connectivity index (χ0v) is 11.6. The van der Waals surface area contributed by atoms with Crippen molar-refractivity contribution in [3.05, 3.63) is 35.1 Å². The maximum absolute atomic E-state index is 13.2. The highest BCUT2D eigenvalue weighted by molar-refractivity contribution is 7.80. The van der Waals surface area contributed by atoms with Gasteiger partial charge in [-0.25, -0.2) is 4.39 Å². The highest BCUT2D eigenvalue weighted by Gasteiger charge is 2.20. The van der Waals surface area contributed by atoms with Crippen LogP contribution in [0.15, 0.2) is 18.2 Å². The molecule has 0 aromatic heterocycles. The van der Waals surface area contributed by atoms with Gasteiger partial charge in [-0.15, -0.1) is 0 Å². The molecule has 1 aromatic carbocycles. The Labute approximate surface area is 118 Å². The molecule has 3 N–H and O–H groups in total. The maximum atomic E-state index is 13.2. The summed E-state index contributed by atoms with van der Waals surface area (Å²) in [4.78, 5) is 2.49. The van der Waals surface area contributed by atoms with Crippen LogP contribution in [0, 0.1) is 11.7 Å². The van der Waals surface area contributed by atoms with Gasteiger partial charge in [0.05, 0.1) is 0 Å². The topological polar surface area (TPSA) is 49.5 Å². The van der Waals surface area contributed by atoms with Crippen LogP contribution in [-0.2, 0) is 6.54 Å². The van der Waals surface area contributed by atoms with Gasteiger partial charge in [-0.3, -0.25) is 4.90 Å². The summed E-state index contributed by atoms with van der Waals surface area (Å²) in [5, 5.41) is 9.24. The van der Waals surface area contributed by atoms with Crippen molar-refractivity contribution in [2.24, 2.45) is 11.7 Å². The van der Waals surface area contributed by atoms with Crippen LogP contribution in [0.25, 0.3) is 0 Å². The lowest BCUT2D eigenvalue weighted by atomic mass is 9.98. The number of nitrogens with zero attached hydrogens (tertiary/aromatic N) is 1. The molecule has 1 aliphatic rings. The van der Waals surface area contributed by atoms with Gasteiger partial charge in [0.1, 0.15) is 10.8 Å². The standard InChI is InChI=1S/C14H19FN2OS/c15-12-4-3-11(13(6-12)14(16)19)8-17-5-1-2-10(7-17)9-18/h3-4,6,10,18H,1-2,5,7-9H2,(H2,16,19). The van der Waals surface area contributed by atoms with Crippen molar-refractivity contribution < 1.29 is 9.50 Å². The number of thiocarbonyl (C=S) groups is 1. The van der Waals surface area contributed by atoms with E-state index in [1.54, 1.807) is 6.07 Å². The average molecular weight is 282 g/mol. The molecule has 2 rings (SSSR count). The lowest BCUT2D eigenvalue weighted by Gasteiger charge is -2.32. The van der Waals surface area contributed by atoms with Crippen LogP contribution in [0.2, 0.25) is 0 Å². The number of benzene rings is 1. The summed E-state index contributed by atoms with van der Waals surface area (Å²) < 4.78 is 13.2. The Hall–Kier alpha value is -1.04. The number of nitrogens with two attached hydrogens (primary N) is 1. The molecule has 1 atom stereocenters. The van der Waals surface area contributed by atoms with E-state index in [2.05, 4.69) is 4.90 Å². The van der Waals surface area contributed by atoms with Crippen LogP contribution in [0.3, 0.4) is 0 Å². The summed E-state index contributed by atoms with van der Waals surface area (Å²) in [6.07, 6.45) is 2.15. The number of hydrogen-bond acceptors (Lipinski definition) is 3. The Morgan fingerprint density at radius 2 is 2.32 bits per heavy atom. The normalized spacial score (nSPS) is 20.4. The Bertz CT molecular complexity index is 467. The third kappa shape index (κ3) is 3.72. The molecule has 0 radical (unpaired) electrons. The predicted molar refractivity (Wildman–Crippen MR) is 77.4 cm³/mol. The molecule has 104 valence electrons. The fraction of sp³-hybridized carbons (Fsp3) is 0.500. The summed E-state index contributed by atoms with van der Waals surface area (Å²) in [6.45, 7) is 2.78. The van der Waals surface area contributed by atoms with Gasteiger partial charge in [0, 0.05) is 25.3 Å². The number of hydrogen-bond donors (Lipinski definition) is 2. The first-order valence-corrected chi connectivity index (χ1v) is 6.92. The number of piperidine rings is 1. The summed E-state index contributed by atoms with van der Waals surface area (Å²) >= 11 is 4.98. The van der Waals surface area contributed by atoms with Crippen molar-refractivity contribution in [2.45, 2.75) is 19.4 Å². The van der Waals surface area contributed by atoms with Gasteiger partial charge in [0.2, 0.25) is 0 Å². The van der Waals surface area contributed by atoms with Crippen molar-refractivity contribution in [3.63, 3.8) is 0 Å². The monoisotopic (exact) mass is 282 g/mol. The number of aliphatic hydroxyl groups excluding tert-OH is 1. The lowest BCUT2D eigenvalue weighted by Crippen LogP contribution is -2.36. The molecule has 0 bridgehead atoms. The molecule has 1 saturated heterocycles. The molecule has 1 fully saturated rings. The molecule has 19 heavy (non-hydrogen) atoms. The van der Waals surface area contributed by atoms with Crippen molar-refractivity contribution >= 4 is 17.2 Å². The van der Waals surface area contributed by atoms with Gasteiger partial charge < -0.3 is 10.8 Å². The zero-order chi connectivity index (χ0) is 13.8. The van der Waals surface area contributed by atoms with E-state index < -0.39 is 0 Å². The van der Waals surface area contributed by atoms with Crippen LogP contribution in [0.4, 0.5) is 4.39 Å². The van der Waals surface area contributed by atoms with Gasteiger partial charge in [0.15, 0.2) is 0 Å². The van der Waals surface area contributed by atoms with Crippen LogP contribution < -0.4 is 5.73 Å². The van der Waals surface area contributed by atoms with Crippen molar-refractivity contribution in [1.29, 1.82) is 0 Å². The SMILES string of the molecule is NC(=S)c1cc(F)ccc1CN1CCCC(CO)C1. The molecule has 1 heterocycles. The lowest BCUT2D eigenvalue weighted by molar-refractivity contribution is 0.116. The van der Waals surface area contributed by atoms with Gasteiger partial charge in [-0.1, -0.05) is 18.3 Å². The van der Waals surface area contributed by atoms with Crippen molar-refractivity contribution in [3.8, 4) is 0 Å². The third-order valence-corrected chi connectivity index (χ3v) is 3.81. The highest BCUT2D eigenvalue weighted by Crippen LogP contribution is 2.20. The summed E-state index contributed by atoms with van der Waals surface area (Å²) in [5.74, 6) is 0.0147. The predicted octanol–water partition coefficient (Wildman–Crippen LogP) is 1.66. The second kappa shape index (κ2) is 6.41. The first-order chi connectivity index (χ1) is 9.10. The molecule has 0 saturated carbocycles. The number of rotatable bonds is 4. The van der Waals surface area contributed by atoms with Crippen LogP contribution >= 0.6 is 12.2 Å².